The smallest absolute Gasteiger partial charge is 0.341 e. The summed E-state index contributed by atoms with van der Waals surface area (Å²) in [6.07, 6.45) is 1.54. The minimum Gasteiger partial charge on any atom is -0.462 e. The summed E-state index contributed by atoms with van der Waals surface area (Å²) in [4.78, 5) is 29.0. The van der Waals surface area contributed by atoms with Crippen molar-refractivity contribution in [2.75, 3.05) is 11.9 Å². The fraction of sp³-hybridized carbons (Fsp3) is 0.105. The first kappa shape index (κ1) is 18.3. The zero-order valence-corrected chi connectivity index (χ0v) is 16.3. The number of nitrogens with one attached hydrogen (secondary N) is 1. The Labute approximate surface area is 163 Å². The van der Waals surface area contributed by atoms with Crippen molar-refractivity contribution in [1.82, 2.24) is 4.98 Å². The largest absolute Gasteiger partial charge is 0.462 e. The first-order valence-corrected chi connectivity index (χ1v) is 9.54. The van der Waals surface area contributed by atoms with Crippen LogP contribution in [0.25, 0.3) is 11.1 Å². The number of carbonyl (C=O) groups excluding carboxylic acids is 2. The van der Waals surface area contributed by atoms with Crippen molar-refractivity contribution in [2.45, 2.75) is 6.92 Å². The van der Waals surface area contributed by atoms with Crippen LogP contribution >= 0.6 is 27.3 Å². The first-order valence-electron chi connectivity index (χ1n) is 7.87. The molecule has 1 aromatic carbocycles. The Morgan fingerprint density at radius 1 is 1.19 bits per heavy atom. The van der Waals surface area contributed by atoms with Crippen molar-refractivity contribution in [3.05, 3.63) is 69.8 Å². The van der Waals surface area contributed by atoms with E-state index < -0.39 is 5.97 Å². The van der Waals surface area contributed by atoms with Gasteiger partial charge in [0.2, 0.25) is 0 Å². The second-order valence-electron chi connectivity index (χ2n) is 5.25. The quantitative estimate of drug-likeness (QED) is 0.578. The molecule has 26 heavy (non-hydrogen) atoms. The lowest BCUT2D eigenvalue weighted by atomic mass is 10.0. The molecule has 3 rings (SSSR count). The van der Waals surface area contributed by atoms with Crippen molar-refractivity contribution < 1.29 is 14.3 Å². The molecule has 5 nitrogen and oxygen atoms in total. The van der Waals surface area contributed by atoms with Gasteiger partial charge >= 0.3 is 5.97 Å². The SMILES string of the molecule is CCOC(=O)c1c(-c2ccc(Br)cc2)csc1NC(=O)c1ccccn1. The van der Waals surface area contributed by atoms with E-state index in [0.29, 0.717) is 10.6 Å². The topological polar surface area (TPSA) is 68.3 Å². The summed E-state index contributed by atoms with van der Waals surface area (Å²) in [6, 6.07) is 12.7. The summed E-state index contributed by atoms with van der Waals surface area (Å²) >= 11 is 4.68. The Kier molecular flexibility index (Phi) is 5.80. The van der Waals surface area contributed by atoms with Crippen LogP contribution in [0.3, 0.4) is 0 Å². The van der Waals surface area contributed by atoms with Crippen molar-refractivity contribution in [3.8, 4) is 11.1 Å². The third-order valence-corrected chi connectivity index (χ3v) is 4.97. The third-order valence-electron chi connectivity index (χ3n) is 3.55. The molecule has 1 N–H and O–H groups in total. The lowest BCUT2D eigenvalue weighted by molar-refractivity contribution is 0.0529. The van der Waals surface area contributed by atoms with Crippen LogP contribution in [-0.2, 0) is 4.74 Å². The molecule has 0 spiro atoms. The van der Waals surface area contributed by atoms with E-state index in [4.69, 9.17) is 4.74 Å². The number of hydrogen-bond donors (Lipinski definition) is 1. The molecule has 0 saturated heterocycles. The van der Waals surface area contributed by atoms with E-state index in [1.807, 2.05) is 29.6 Å². The van der Waals surface area contributed by atoms with Crippen LogP contribution in [0.4, 0.5) is 5.00 Å². The van der Waals surface area contributed by atoms with Crippen molar-refractivity contribution in [2.24, 2.45) is 0 Å². The number of anilines is 1. The Bertz CT molecular complexity index is 924. The third kappa shape index (κ3) is 4.00. The molecule has 3 aromatic rings. The maximum absolute atomic E-state index is 12.5. The minimum absolute atomic E-state index is 0.252. The summed E-state index contributed by atoms with van der Waals surface area (Å²) in [7, 11) is 0. The molecule has 0 fully saturated rings. The predicted molar refractivity (Wildman–Crippen MR) is 106 cm³/mol. The number of pyridine rings is 1. The molecular weight excluding hydrogens is 416 g/mol. The van der Waals surface area contributed by atoms with Crippen LogP contribution in [0, 0.1) is 0 Å². The molecule has 0 aliphatic heterocycles. The van der Waals surface area contributed by atoms with Crippen molar-refractivity contribution >= 4 is 44.1 Å². The second-order valence-corrected chi connectivity index (χ2v) is 7.05. The van der Waals surface area contributed by atoms with Crippen LogP contribution in [0.2, 0.25) is 0 Å². The molecule has 2 aromatic heterocycles. The molecule has 0 bridgehead atoms. The van der Waals surface area contributed by atoms with Gasteiger partial charge < -0.3 is 10.1 Å². The van der Waals surface area contributed by atoms with Gasteiger partial charge in [-0.25, -0.2) is 4.79 Å². The summed E-state index contributed by atoms with van der Waals surface area (Å²) < 4.78 is 6.13. The lowest BCUT2D eigenvalue weighted by Crippen LogP contribution is -2.15. The Hall–Kier alpha value is -2.51. The number of rotatable bonds is 5. The number of ether oxygens (including phenoxy) is 1. The molecule has 0 aliphatic rings. The zero-order chi connectivity index (χ0) is 18.5. The number of hydrogen-bond acceptors (Lipinski definition) is 5. The lowest BCUT2D eigenvalue weighted by Gasteiger charge is -2.08. The Morgan fingerprint density at radius 2 is 1.96 bits per heavy atom. The van der Waals surface area contributed by atoms with E-state index in [-0.39, 0.29) is 18.2 Å². The number of thiophene rings is 1. The molecule has 0 saturated carbocycles. The van der Waals surface area contributed by atoms with Gasteiger partial charge in [0, 0.05) is 21.6 Å². The van der Waals surface area contributed by atoms with Gasteiger partial charge in [0.05, 0.1) is 6.61 Å². The monoisotopic (exact) mass is 430 g/mol. The highest BCUT2D eigenvalue weighted by Gasteiger charge is 2.23. The van der Waals surface area contributed by atoms with Crippen LogP contribution < -0.4 is 5.32 Å². The van der Waals surface area contributed by atoms with Gasteiger partial charge in [0.25, 0.3) is 5.91 Å². The van der Waals surface area contributed by atoms with Gasteiger partial charge in [-0.1, -0.05) is 34.1 Å². The molecular formula is C19H15BrN2O3S. The van der Waals surface area contributed by atoms with Gasteiger partial charge in [0.1, 0.15) is 16.3 Å². The number of benzene rings is 1. The fourth-order valence-corrected chi connectivity index (χ4v) is 3.58. The van der Waals surface area contributed by atoms with E-state index >= 15 is 0 Å². The minimum atomic E-state index is -0.469. The molecule has 0 radical (unpaired) electrons. The highest BCUT2D eigenvalue weighted by atomic mass is 79.9. The van der Waals surface area contributed by atoms with Crippen molar-refractivity contribution in [1.29, 1.82) is 0 Å². The number of halogens is 1. The normalized spacial score (nSPS) is 10.4. The van der Waals surface area contributed by atoms with Crippen LogP contribution in [0.1, 0.15) is 27.8 Å². The van der Waals surface area contributed by atoms with E-state index in [1.54, 1.807) is 31.3 Å². The number of carbonyl (C=O) groups is 2. The Morgan fingerprint density at radius 3 is 2.62 bits per heavy atom. The molecule has 0 atom stereocenters. The number of aromatic nitrogens is 1. The predicted octanol–water partition coefficient (Wildman–Crippen LogP) is 5.00. The molecule has 2 heterocycles. The summed E-state index contributed by atoms with van der Waals surface area (Å²) in [5, 5.41) is 5.05. The standard InChI is InChI=1S/C19H15BrN2O3S/c1-2-25-19(24)16-14(12-6-8-13(20)9-7-12)11-26-18(16)22-17(23)15-5-3-4-10-21-15/h3-11H,2H2,1H3,(H,22,23). The molecule has 7 heteroatoms. The van der Waals surface area contributed by atoms with Crippen molar-refractivity contribution in [3.63, 3.8) is 0 Å². The average Bonchev–Trinajstić information content (AvgIpc) is 3.07. The second kappa shape index (κ2) is 8.25. The summed E-state index contributed by atoms with van der Waals surface area (Å²) in [6.45, 7) is 2.00. The summed E-state index contributed by atoms with van der Waals surface area (Å²) in [5.74, 6) is -0.844. The van der Waals surface area contributed by atoms with E-state index in [1.165, 1.54) is 11.3 Å². The maximum Gasteiger partial charge on any atom is 0.341 e. The molecule has 0 unspecified atom stereocenters. The average molecular weight is 431 g/mol. The van der Waals surface area contributed by atoms with E-state index in [0.717, 1.165) is 15.6 Å². The van der Waals surface area contributed by atoms with Gasteiger partial charge in [-0.3, -0.25) is 9.78 Å². The van der Waals surface area contributed by atoms with E-state index in [2.05, 4.69) is 26.2 Å². The first-order chi connectivity index (χ1) is 12.6. The van der Waals surface area contributed by atoms with Gasteiger partial charge in [-0.15, -0.1) is 11.3 Å². The molecule has 1 amide bonds. The number of amides is 1. The van der Waals surface area contributed by atoms with Crippen LogP contribution in [0.15, 0.2) is 58.5 Å². The highest BCUT2D eigenvalue weighted by molar-refractivity contribution is 9.10. The molecule has 0 aliphatic carbocycles. The van der Waals surface area contributed by atoms with E-state index in [9.17, 15) is 9.59 Å². The van der Waals surface area contributed by atoms with Crippen LogP contribution in [0.5, 0.6) is 0 Å². The highest BCUT2D eigenvalue weighted by Crippen LogP contribution is 2.36. The fourth-order valence-electron chi connectivity index (χ4n) is 2.36. The molecule has 132 valence electrons. The van der Waals surface area contributed by atoms with Gasteiger partial charge in [-0.2, -0.15) is 0 Å². The number of nitrogens with zero attached hydrogens (tertiary/aromatic N) is 1. The van der Waals surface area contributed by atoms with Gasteiger partial charge in [-0.05, 0) is 36.8 Å². The van der Waals surface area contributed by atoms with Crippen LogP contribution in [-0.4, -0.2) is 23.5 Å². The zero-order valence-electron chi connectivity index (χ0n) is 13.9. The maximum atomic E-state index is 12.5. The number of esters is 1. The Balaban J connectivity index is 1.98. The van der Waals surface area contributed by atoms with Gasteiger partial charge in [0.15, 0.2) is 0 Å². The summed E-state index contributed by atoms with van der Waals surface area (Å²) in [5.41, 5.74) is 2.22.